The van der Waals surface area contributed by atoms with Crippen LogP contribution in [-0.4, -0.2) is 58.4 Å². The molecule has 6 nitrogen and oxygen atoms in total. The van der Waals surface area contributed by atoms with Crippen LogP contribution in [0.5, 0.6) is 0 Å². The molecule has 1 aromatic carbocycles. The molecule has 2 aliphatic heterocycles. The van der Waals surface area contributed by atoms with E-state index >= 15 is 0 Å². The van der Waals surface area contributed by atoms with Crippen molar-refractivity contribution in [3.05, 3.63) is 29.3 Å². The van der Waals surface area contributed by atoms with Crippen LogP contribution in [0.2, 0.25) is 5.02 Å². The average Bonchev–Trinajstić information content (AvgIpc) is 2.69. The smallest absolute Gasteiger partial charge is 0.243 e. The van der Waals surface area contributed by atoms with Gasteiger partial charge < -0.3 is 4.74 Å². The molecule has 0 amide bonds. The molecule has 2 aliphatic rings. The molecule has 0 bridgehead atoms. The Morgan fingerprint density at radius 2 is 2.09 bits per heavy atom. The predicted molar refractivity (Wildman–Crippen MR) is 86.7 cm³/mol. The van der Waals surface area contributed by atoms with Crippen LogP contribution in [0.1, 0.15) is 6.42 Å². The fourth-order valence-electron chi connectivity index (χ4n) is 3.41. The zero-order valence-electron chi connectivity index (χ0n) is 12.6. The standard InChI is InChI=1S/C14H18ClNO5S2/c1-21-8-11-5-6-22(17,18)14(11)9-16(10-14)23(19,20)13-4-2-3-12(15)7-13/h2-4,7,11H,5-6,8-10H2,1H3. The monoisotopic (exact) mass is 379 g/mol. The van der Waals surface area contributed by atoms with Gasteiger partial charge in [0.1, 0.15) is 4.75 Å². The Morgan fingerprint density at radius 1 is 1.39 bits per heavy atom. The van der Waals surface area contributed by atoms with Crippen molar-refractivity contribution < 1.29 is 21.6 Å². The van der Waals surface area contributed by atoms with Gasteiger partial charge in [0.05, 0.1) is 17.3 Å². The third-order valence-corrected chi connectivity index (χ3v) is 9.41. The van der Waals surface area contributed by atoms with E-state index in [1.54, 1.807) is 12.1 Å². The highest BCUT2D eigenvalue weighted by Gasteiger charge is 2.63. The largest absolute Gasteiger partial charge is 0.384 e. The van der Waals surface area contributed by atoms with Crippen LogP contribution < -0.4 is 0 Å². The van der Waals surface area contributed by atoms with Crippen molar-refractivity contribution in [1.82, 2.24) is 4.31 Å². The first-order valence-corrected chi connectivity index (χ1v) is 10.7. The molecule has 2 fully saturated rings. The Bertz CT molecular complexity index is 815. The molecule has 23 heavy (non-hydrogen) atoms. The van der Waals surface area contributed by atoms with Gasteiger partial charge in [0.15, 0.2) is 9.84 Å². The van der Waals surface area contributed by atoms with Crippen LogP contribution >= 0.6 is 11.6 Å². The van der Waals surface area contributed by atoms with Gasteiger partial charge in [-0.25, -0.2) is 16.8 Å². The van der Waals surface area contributed by atoms with Crippen LogP contribution in [0.15, 0.2) is 29.2 Å². The summed E-state index contributed by atoms with van der Waals surface area (Å²) in [5.74, 6) is -0.0742. The van der Waals surface area contributed by atoms with Crippen LogP contribution in [0, 0.1) is 5.92 Å². The van der Waals surface area contributed by atoms with E-state index in [2.05, 4.69) is 0 Å². The van der Waals surface area contributed by atoms with Crippen LogP contribution in [0.3, 0.4) is 0 Å². The Morgan fingerprint density at radius 3 is 2.70 bits per heavy atom. The molecule has 0 saturated carbocycles. The molecule has 0 radical (unpaired) electrons. The Balaban J connectivity index is 1.87. The van der Waals surface area contributed by atoms with Gasteiger partial charge in [-0.1, -0.05) is 17.7 Å². The highest BCUT2D eigenvalue weighted by atomic mass is 35.5. The Kier molecular flexibility index (Phi) is 4.25. The van der Waals surface area contributed by atoms with Crippen molar-refractivity contribution in [3.8, 4) is 0 Å². The van der Waals surface area contributed by atoms with E-state index in [4.69, 9.17) is 16.3 Å². The normalized spacial score (nSPS) is 26.3. The third kappa shape index (κ3) is 2.60. The predicted octanol–water partition coefficient (Wildman–Crippen LogP) is 1.16. The van der Waals surface area contributed by atoms with Crippen LogP contribution in [0.25, 0.3) is 0 Å². The summed E-state index contributed by atoms with van der Waals surface area (Å²) in [5, 5.41) is 0.326. The van der Waals surface area contributed by atoms with Crippen molar-refractivity contribution in [2.75, 3.05) is 32.6 Å². The molecule has 9 heteroatoms. The SMILES string of the molecule is COCC1CCS(=O)(=O)C12CN(S(=O)(=O)c1cccc(Cl)c1)C2. The maximum atomic E-state index is 12.6. The summed E-state index contributed by atoms with van der Waals surface area (Å²) in [6.45, 7) is 0.292. The molecule has 3 rings (SSSR count). The topological polar surface area (TPSA) is 80.8 Å². The minimum Gasteiger partial charge on any atom is -0.384 e. The minimum atomic E-state index is -3.73. The second-order valence-electron chi connectivity index (χ2n) is 6.06. The van der Waals surface area contributed by atoms with Gasteiger partial charge in [-0.15, -0.1) is 0 Å². The lowest BCUT2D eigenvalue weighted by Crippen LogP contribution is -2.68. The number of methoxy groups -OCH3 is 1. The van der Waals surface area contributed by atoms with Crippen molar-refractivity contribution in [2.24, 2.45) is 5.92 Å². The van der Waals surface area contributed by atoms with Gasteiger partial charge in [0, 0.05) is 31.1 Å². The van der Waals surface area contributed by atoms with Gasteiger partial charge in [0.2, 0.25) is 10.0 Å². The molecular formula is C14H18ClNO5S2. The number of sulfone groups is 1. The van der Waals surface area contributed by atoms with Crippen LogP contribution in [0.4, 0.5) is 0 Å². The molecule has 0 aromatic heterocycles. The van der Waals surface area contributed by atoms with Crippen molar-refractivity contribution in [1.29, 1.82) is 0 Å². The summed E-state index contributed by atoms with van der Waals surface area (Å²) in [7, 11) is -5.52. The summed E-state index contributed by atoms with van der Waals surface area (Å²) in [5.41, 5.74) is 0. The van der Waals surface area contributed by atoms with Gasteiger partial charge in [-0.05, 0) is 24.6 Å². The summed E-state index contributed by atoms with van der Waals surface area (Å²) in [6, 6.07) is 5.98. The van der Waals surface area contributed by atoms with Crippen molar-refractivity contribution in [2.45, 2.75) is 16.1 Å². The molecule has 2 saturated heterocycles. The summed E-state index contributed by atoms with van der Waals surface area (Å²) in [6.07, 6.45) is 0.515. The second kappa shape index (κ2) is 5.70. The summed E-state index contributed by atoms with van der Waals surface area (Å²) < 4.78 is 55.4. The third-order valence-electron chi connectivity index (χ3n) is 4.79. The maximum absolute atomic E-state index is 12.6. The fourth-order valence-corrected chi connectivity index (χ4v) is 7.85. The van der Waals surface area contributed by atoms with E-state index in [0.29, 0.717) is 18.1 Å². The quantitative estimate of drug-likeness (QED) is 0.784. The molecular weight excluding hydrogens is 362 g/mol. The lowest BCUT2D eigenvalue weighted by Gasteiger charge is -2.48. The van der Waals surface area contributed by atoms with Gasteiger partial charge in [-0.3, -0.25) is 0 Å². The van der Waals surface area contributed by atoms with E-state index in [9.17, 15) is 16.8 Å². The highest BCUT2D eigenvalue weighted by Crippen LogP contribution is 2.46. The highest BCUT2D eigenvalue weighted by molar-refractivity contribution is 7.93. The second-order valence-corrected chi connectivity index (χ2v) is 10.9. The zero-order valence-corrected chi connectivity index (χ0v) is 15.0. The fraction of sp³-hybridized carbons (Fsp3) is 0.571. The van der Waals surface area contributed by atoms with E-state index in [-0.39, 0.29) is 29.7 Å². The molecule has 1 atom stereocenters. The van der Waals surface area contributed by atoms with Gasteiger partial charge >= 0.3 is 0 Å². The molecule has 1 aromatic rings. The first-order valence-electron chi connectivity index (χ1n) is 7.20. The van der Waals surface area contributed by atoms with Crippen molar-refractivity contribution in [3.63, 3.8) is 0 Å². The first-order chi connectivity index (χ1) is 10.7. The van der Waals surface area contributed by atoms with E-state index in [1.165, 1.54) is 23.5 Å². The van der Waals surface area contributed by atoms with E-state index in [0.717, 1.165) is 0 Å². The van der Waals surface area contributed by atoms with Crippen molar-refractivity contribution >= 4 is 31.5 Å². The molecule has 2 heterocycles. The van der Waals surface area contributed by atoms with Crippen LogP contribution in [-0.2, 0) is 24.6 Å². The minimum absolute atomic E-state index is 0.0157. The lowest BCUT2D eigenvalue weighted by atomic mass is 9.85. The van der Waals surface area contributed by atoms with E-state index in [1.807, 2.05) is 0 Å². The molecule has 128 valence electrons. The zero-order chi connectivity index (χ0) is 16.9. The molecule has 0 aliphatic carbocycles. The summed E-state index contributed by atoms with van der Waals surface area (Å²) >= 11 is 5.85. The number of nitrogens with zero attached hydrogens (tertiary/aromatic N) is 1. The average molecular weight is 380 g/mol. The number of hydrogen-bond acceptors (Lipinski definition) is 5. The van der Waals surface area contributed by atoms with Gasteiger partial charge in [-0.2, -0.15) is 4.31 Å². The number of ether oxygens (including phenoxy) is 1. The number of hydrogen-bond donors (Lipinski definition) is 0. The Hall–Kier alpha value is -0.670. The number of halogens is 1. The number of benzene rings is 1. The molecule has 0 N–H and O–H groups in total. The lowest BCUT2D eigenvalue weighted by molar-refractivity contribution is 0.0867. The summed E-state index contributed by atoms with van der Waals surface area (Å²) in [4.78, 5) is 0.0820. The molecule has 1 unspecified atom stereocenters. The van der Waals surface area contributed by atoms with Gasteiger partial charge in [0.25, 0.3) is 0 Å². The maximum Gasteiger partial charge on any atom is 0.243 e. The van der Waals surface area contributed by atoms with E-state index < -0.39 is 24.6 Å². The first kappa shape index (κ1) is 17.2. The molecule has 1 spiro atoms. The Labute approximate surface area is 141 Å². The number of sulfonamides is 1. The number of rotatable bonds is 4.